The number of aliphatic hydroxyl groups is 1. The molecule has 0 radical (unpaired) electrons. The molecule has 1 unspecified atom stereocenters. The van der Waals surface area contributed by atoms with Crippen molar-refractivity contribution in [3.05, 3.63) is 71.4 Å². The second-order valence-electron chi connectivity index (χ2n) is 6.28. The van der Waals surface area contributed by atoms with Crippen LogP contribution >= 0.6 is 0 Å². The van der Waals surface area contributed by atoms with Gasteiger partial charge < -0.3 is 15.7 Å². The minimum Gasteiger partial charge on any atom is -0.389 e. The number of aryl methyl sites for hydroxylation is 1. The molecule has 0 aliphatic carbocycles. The first-order chi connectivity index (χ1) is 13.0. The van der Waals surface area contributed by atoms with Crippen LogP contribution in [0, 0.1) is 6.92 Å². The van der Waals surface area contributed by atoms with E-state index in [1.54, 1.807) is 26.4 Å². The molecule has 3 aromatic rings. The second kappa shape index (κ2) is 8.42. The third-order valence-electron chi connectivity index (χ3n) is 4.10. The summed E-state index contributed by atoms with van der Waals surface area (Å²) in [6.45, 7) is 3.75. The first kappa shape index (κ1) is 18.5. The summed E-state index contributed by atoms with van der Waals surface area (Å²) in [7, 11) is 1.75. The van der Waals surface area contributed by atoms with E-state index >= 15 is 0 Å². The summed E-state index contributed by atoms with van der Waals surface area (Å²) in [6, 6.07) is 15.5. The van der Waals surface area contributed by atoms with Gasteiger partial charge in [-0.3, -0.25) is 4.99 Å². The summed E-state index contributed by atoms with van der Waals surface area (Å²) >= 11 is 0. The fourth-order valence-electron chi connectivity index (χ4n) is 2.64. The average Bonchev–Trinajstić information content (AvgIpc) is 2.65. The van der Waals surface area contributed by atoms with Crippen LogP contribution in [-0.4, -0.2) is 28.3 Å². The minimum atomic E-state index is -0.484. The summed E-state index contributed by atoms with van der Waals surface area (Å²) in [5, 5.41) is 16.2. The third-order valence-corrected chi connectivity index (χ3v) is 4.10. The van der Waals surface area contributed by atoms with Crippen LogP contribution in [0.3, 0.4) is 0 Å². The number of nitrogens with one attached hydrogen (secondary N) is 2. The Morgan fingerprint density at radius 1 is 1.07 bits per heavy atom. The van der Waals surface area contributed by atoms with Crippen molar-refractivity contribution in [1.82, 2.24) is 9.97 Å². The number of aliphatic hydroxyl groups excluding tert-OH is 1. The number of rotatable bonds is 6. The average molecular weight is 361 g/mol. The van der Waals surface area contributed by atoms with E-state index in [2.05, 4.69) is 25.6 Å². The molecule has 1 heterocycles. The number of aromatic nitrogens is 2. The number of nitrogens with zero attached hydrogens (tertiary/aromatic N) is 3. The molecule has 0 bridgehead atoms. The maximum absolute atomic E-state index is 9.70. The highest BCUT2D eigenvalue weighted by atomic mass is 16.3. The number of aliphatic imine (C=N–C) groups is 1. The molecule has 6 nitrogen and oxygen atoms in total. The number of hydrogen-bond acceptors (Lipinski definition) is 6. The van der Waals surface area contributed by atoms with Gasteiger partial charge >= 0.3 is 0 Å². The molecule has 0 spiro atoms. The first-order valence-electron chi connectivity index (χ1n) is 8.73. The lowest BCUT2D eigenvalue weighted by molar-refractivity contribution is 0.199. The molecule has 0 saturated carbocycles. The standard InChI is InChI=1S/C21H23N5O/c1-14-12-17(15(2)27)6-9-19(14)25-20-10-11-23-21(26-20)24-18-7-4-16(5-8-18)13-22-3/h4-13,15,27H,1-3H3,(H2,23,24,25,26)/b22-13-. The van der Waals surface area contributed by atoms with Gasteiger partial charge in [-0.2, -0.15) is 4.98 Å². The highest BCUT2D eigenvalue weighted by molar-refractivity contribution is 5.80. The molecule has 3 rings (SSSR count). The Hall–Kier alpha value is -3.25. The molecule has 1 atom stereocenters. The molecule has 27 heavy (non-hydrogen) atoms. The van der Waals surface area contributed by atoms with Gasteiger partial charge in [0.25, 0.3) is 0 Å². The Bertz CT molecular complexity index is 936. The predicted molar refractivity (Wildman–Crippen MR) is 110 cm³/mol. The first-order valence-corrected chi connectivity index (χ1v) is 8.73. The number of benzene rings is 2. The molecular formula is C21H23N5O. The summed E-state index contributed by atoms with van der Waals surface area (Å²) in [4.78, 5) is 12.8. The Kier molecular flexibility index (Phi) is 5.78. The van der Waals surface area contributed by atoms with Gasteiger partial charge in [-0.25, -0.2) is 4.98 Å². The van der Waals surface area contributed by atoms with Crippen LogP contribution < -0.4 is 10.6 Å². The monoisotopic (exact) mass is 361 g/mol. The van der Waals surface area contributed by atoms with E-state index in [0.29, 0.717) is 11.8 Å². The van der Waals surface area contributed by atoms with E-state index in [4.69, 9.17) is 0 Å². The van der Waals surface area contributed by atoms with Crippen LogP contribution in [-0.2, 0) is 0 Å². The second-order valence-corrected chi connectivity index (χ2v) is 6.28. The van der Waals surface area contributed by atoms with Crippen LogP contribution in [0.5, 0.6) is 0 Å². The molecule has 6 heteroatoms. The van der Waals surface area contributed by atoms with Gasteiger partial charge in [0.15, 0.2) is 0 Å². The van der Waals surface area contributed by atoms with Crippen LogP contribution in [0.15, 0.2) is 59.7 Å². The van der Waals surface area contributed by atoms with Gasteiger partial charge in [-0.1, -0.05) is 24.3 Å². The number of hydrogen-bond donors (Lipinski definition) is 3. The normalized spacial score (nSPS) is 12.1. The smallest absolute Gasteiger partial charge is 0.229 e. The van der Waals surface area contributed by atoms with Gasteiger partial charge in [-0.05, 0) is 54.8 Å². The molecule has 1 aromatic heterocycles. The Balaban J connectivity index is 1.74. The zero-order valence-electron chi connectivity index (χ0n) is 15.6. The van der Waals surface area contributed by atoms with Gasteiger partial charge in [0.1, 0.15) is 5.82 Å². The largest absolute Gasteiger partial charge is 0.389 e. The van der Waals surface area contributed by atoms with E-state index < -0.39 is 6.10 Å². The lowest BCUT2D eigenvalue weighted by atomic mass is 10.1. The zero-order chi connectivity index (χ0) is 19.2. The summed E-state index contributed by atoms with van der Waals surface area (Å²) in [6.07, 6.45) is 3.02. The van der Waals surface area contributed by atoms with E-state index in [0.717, 1.165) is 28.1 Å². The van der Waals surface area contributed by atoms with Gasteiger partial charge in [0, 0.05) is 30.8 Å². The van der Waals surface area contributed by atoms with E-state index in [-0.39, 0.29) is 0 Å². The van der Waals surface area contributed by atoms with Crippen molar-refractivity contribution in [1.29, 1.82) is 0 Å². The molecule has 3 N–H and O–H groups in total. The van der Waals surface area contributed by atoms with Crippen LogP contribution in [0.4, 0.5) is 23.1 Å². The summed E-state index contributed by atoms with van der Waals surface area (Å²) < 4.78 is 0. The molecule has 0 aliphatic heterocycles. The lowest BCUT2D eigenvalue weighted by Gasteiger charge is -2.13. The fourth-order valence-corrected chi connectivity index (χ4v) is 2.64. The molecular weight excluding hydrogens is 338 g/mol. The molecule has 0 amide bonds. The van der Waals surface area contributed by atoms with E-state index in [1.807, 2.05) is 55.5 Å². The van der Waals surface area contributed by atoms with Crippen LogP contribution in [0.2, 0.25) is 0 Å². The van der Waals surface area contributed by atoms with E-state index in [9.17, 15) is 5.11 Å². The summed E-state index contributed by atoms with van der Waals surface area (Å²) in [5.74, 6) is 1.20. The van der Waals surface area contributed by atoms with Gasteiger partial charge in [-0.15, -0.1) is 0 Å². The van der Waals surface area contributed by atoms with Gasteiger partial charge in [0.2, 0.25) is 5.95 Å². The van der Waals surface area contributed by atoms with Crippen LogP contribution in [0.25, 0.3) is 0 Å². The molecule has 0 fully saturated rings. The maximum atomic E-state index is 9.70. The molecule has 2 aromatic carbocycles. The van der Waals surface area contributed by atoms with Crippen molar-refractivity contribution >= 4 is 29.4 Å². The van der Waals surface area contributed by atoms with Crippen molar-refractivity contribution < 1.29 is 5.11 Å². The highest BCUT2D eigenvalue weighted by Gasteiger charge is 2.06. The van der Waals surface area contributed by atoms with E-state index in [1.165, 1.54) is 0 Å². The SMILES string of the molecule is C/N=C\c1ccc(Nc2nccc(Nc3ccc(C(C)O)cc3C)n2)cc1. The van der Waals surface area contributed by atoms with Gasteiger partial charge in [0.05, 0.1) is 6.10 Å². The topological polar surface area (TPSA) is 82.4 Å². The summed E-state index contributed by atoms with van der Waals surface area (Å²) in [5.41, 5.74) is 4.80. The minimum absolute atomic E-state index is 0.484. The van der Waals surface area contributed by atoms with Crippen LogP contribution in [0.1, 0.15) is 29.7 Å². The predicted octanol–water partition coefficient (Wildman–Crippen LogP) is 4.37. The Morgan fingerprint density at radius 3 is 2.52 bits per heavy atom. The molecule has 138 valence electrons. The van der Waals surface area contributed by atoms with Crippen molar-refractivity contribution in [2.24, 2.45) is 4.99 Å². The highest BCUT2D eigenvalue weighted by Crippen LogP contribution is 2.24. The Labute approximate surface area is 159 Å². The number of anilines is 4. The molecule has 0 aliphatic rings. The van der Waals surface area contributed by atoms with Crippen molar-refractivity contribution in [3.63, 3.8) is 0 Å². The zero-order valence-corrected chi connectivity index (χ0v) is 15.6. The fraction of sp³-hybridized carbons (Fsp3) is 0.190. The van der Waals surface area contributed by atoms with Crippen molar-refractivity contribution in [2.75, 3.05) is 17.7 Å². The quantitative estimate of drug-likeness (QED) is 0.568. The maximum Gasteiger partial charge on any atom is 0.229 e. The third kappa shape index (κ3) is 4.89. The Morgan fingerprint density at radius 2 is 1.85 bits per heavy atom. The van der Waals surface area contributed by atoms with Crippen molar-refractivity contribution in [2.45, 2.75) is 20.0 Å². The molecule has 0 saturated heterocycles. The van der Waals surface area contributed by atoms with Crippen molar-refractivity contribution in [3.8, 4) is 0 Å². The lowest BCUT2D eigenvalue weighted by Crippen LogP contribution is -2.02.